The van der Waals surface area contributed by atoms with Gasteiger partial charge in [-0.3, -0.25) is 4.79 Å². The van der Waals surface area contributed by atoms with Crippen molar-refractivity contribution in [1.29, 1.82) is 0 Å². The minimum absolute atomic E-state index is 0.110. The van der Waals surface area contributed by atoms with Crippen molar-refractivity contribution in [1.82, 2.24) is 0 Å². The molecule has 1 aliphatic rings. The van der Waals surface area contributed by atoms with Crippen LogP contribution in [0.4, 0.5) is 0 Å². The molecule has 90 valence electrons. The maximum atomic E-state index is 12.0. The number of alkyl halides is 1. The van der Waals surface area contributed by atoms with E-state index in [1.165, 1.54) is 0 Å². The normalized spacial score (nSPS) is 26.4. The number of allylic oxidation sites excluding steroid dienone is 1. The van der Waals surface area contributed by atoms with Crippen molar-refractivity contribution in [2.24, 2.45) is 0 Å². The standard InChI is InChI=1S/C13H13IOS2/c1-13(8-14)9-16-12(17-13)7-11(15)10-5-3-2-4-6-10/h2-7H,8-9H2,1H3/b12-7-. The number of hydrogen-bond donors (Lipinski definition) is 0. The highest BCUT2D eigenvalue weighted by Gasteiger charge is 2.32. The molecule has 17 heavy (non-hydrogen) atoms. The van der Waals surface area contributed by atoms with E-state index in [1.807, 2.05) is 42.1 Å². The molecule has 0 bridgehead atoms. The van der Waals surface area contributed by atoms with Crippen molar-refractivity contribution >= 4 is 51.9 Å². The highest BCUT2D eigenvalue weighted by Crippen LogP contribution is 2.49. The quantitative estimate of drug-likeness (QED) is 0.337. The first kappa shape index (κ1) is 13.5. The van der Waals surface area contributed by atoms with Crippen molar-refractivity contribution in [3.05, 3.63) is 46.2 Å². The largest absolute Gasteiger partial charge is 0.289 e. The Morgan fingerprint density at radius 2 is 2.18 bits per heavy atom. The molecular weight excluding hydrogens is 363 g/mol. The van der Waals surface area contributed by atoms with Crippen molar-refractivity contribution in [3.8, 4) is 0 Å². The Morgan fingerprint density at radius 1 is 1.47 bits per heavy atom. The van der Waals surface area contributed by atoms with Crippen LogP contribution in [0.25, 0.3) is 0 Å². The van der Waals surface area contributed by atoms with Crippen molar-refractivity contribution in [2.75, 3.05) is 10.2 Å². The molecule has 1 aliphatic heterocycles. The molecule has 1 aromatic carbocycles. The van der Waals surface area contributed by atoms with Gasteiger partial charge in [0.05, 0.1) is 0 Å². The minimum atomic E-state index is 0.110. The summed E-state index contributed by atoms with van der Waals surface area (Å²) in [5, 5.41) is 0. The second-order valence-corrected chi connectivity index (χ2v) is 7.84. The summed E-state index contributed by atoms with van der Waals surface area (Å²) in [6.07, 6.45) is 1.78. The number of carbonyl (C=O) groups excluding carboxylic acids is 1. The van der Waals surface area contributed by atoms with Crippen molar-refractivity contribution in [2.45, 2.75) is 11.7 Å². The van der Waals surface area contributed by atoms with E-state index in [0.29, 0.717) is 0 Å². The van der Waals surface area contributed by atoms with Gasteiger partial charge >= 0.3 is 0 Å². The van der Waals surface area contributed by atoms with Gasteiger partial charge in [-0.15, -0.1) is 23.5 Å². The molecule has 0 aliphatic carbocycles. The molecule has 0 radical (unpaired) electrons. The number of carbonyl (C=O) groups is 1. The van der Waals surface area contributed by atoms with Crippen LogP contribution in [0.15, 0.2) is 40.6 Å². The second-order valence-electron chi connectivity index (χ2n) is 4.17. The number of rotatable bonds is 3. The van der Waals surface area contributed by atoms with Crippen LogP contribution >= 0.6 is 46.1 Å². The van der Waals surface area contributed by atoms with Crippen LogP contribution in [0.2, 0.25) is 0 Å². The lowest BCUT2D eigenvalue weighted by Gasteiger charge is -2.16. The van der Waals surface area contributed by atoms with Crippen LogP contribution in [0, 0.1) is 0 Å². The molecule has 1 fully saturated rings. The topological polar surface area (TPSA) is 17.1 Å². The predicted octanol–water partition coefficient (Wildman–Crippen LogP) is 4.38. The van der Waals surface area contributed by atoms with Crippen LogP contribution in [-0.4, -0.2) is 20.7 Å². The first-order valence-electron chi connectivity index (χ1n) is 5.32. The summed E-state index contributed by atoms with van der Waals surface area (Å²) in [6.45, 7) is 2.25. The predicted molar refractivity (Wildman–Crippen MR) is 86.2 cm³/mol. The molecule has 4 heteroatoms. The molecule has 1 atom stereocenters. The third-order valence-electron chi connectivity index (χ3n) is 2.46. The Morgan fingerprint density at radius 3 is 2.76 bits per heavy atom. The summed E-state index contributed by atoms with van der Waals surface area (Å²) < 4.78 is 2.55. The third kappa shape index (κ3) is 3.51. The number of halogens is 1. The minimum Gasteiger partial charge on any atom is -0.289 e. The lowest BCUT2D eigenvalue weighted by Crippen LogP contribution is -2.20. The fraction of sp³-hybridized carbons (Fsp3) is 0.308. The summed E-state index contributed by atoms with van der Waals surface area (Å²) in [5.41, 5.74) is 0.768. The highest BCUT2D eigenvalue weighted by molar-refractivity contribution is 14.1. The smallest absolute Gasteiger partial charge is 0.187 e. The van der Waals surface area contributed by atoms with Crippen LogP contribution in [-0.2, 0) is 0 Å². The molecule has 2 rings (SSSR count). The Balaban J connectivity index is 2.09. The first-order valence-corrected chi connectivity index (χ1v) is 8.65. The average molecular weight is 376 g/mol. The molecular formula is C13H13IOS2. The molecule has 1 saturated heterocycles. The van der Waals surface area contributed by atoms with Crippen LogP contribution in [0.5, 0.6) is 0 Å². The van der Waals surface area contributed by atoms with Gasteiger partial charge in [0.2, 0.25) is 0 Å². The monoisotopic (exact) mass is 376 g/mol. The van der Waals surface area contributed by atoms with Gasteiger partial charge in [-0.1, -0.05) is 52.9 Å². The second kappa shape index (κ2) is 5.80. The lowest BCUT2D eigenvalue weighted by atomic mass is 10.1. The number of benzene rings is 1. The lowest BCUT2D eigenvalue weighted by molar-refractivity contribution is 0.104. The maximum Gasteiger partial charge on any atom is 0.187 e. The van der Waals surface area contributed by atoms with E-state index < -0.39 is 0 Å². The van der Waals surface area contributed by atoms with Crippen molar-refractivity contribution < 1.29 is 4.79 Å². The van der Waals surface area contributed by atoms with E-state index in [0.717, 1.165) is 20.0 Å². The van der Waals surface area contributed by atoms with Crippen LogP contribution in [0.1, 0.15) is 17.3 Å². The Kier molecular flexibility index (Phi) is 4.60. The fourth-order valence-corrected chi connectivity index (χ4v) is 5.43. The van der Waals surface area contributed by atoms with E-state index in [1.54, 1.807) is 17.8 Å². The van der Waals surface area contributed by atoms with Gasteiger partial charge < -0.3 is 0 Å². The Labute approximate surface area is 124 Å². The Hall–Kier alpha value is 0.0600. The van der Waals surface area contributed by atoms with E-state index >= 15 is 0 Å². The third-order valence-corrected chi connectivity index (χ3v) is 7.73. The average Bonchev–Trinajstić information content (AvgIpc) is 2.73. The van der Waals surface area contributed by atoms with E-state index in [4.69, 9.17) is 0 Å². The molecule has 0 N–H and O–H groups in total. The molecule has 1 heterocycles. The van der Waals surface area contributed by atoms with E-state index in [-0.39, 0.29) is 10.5 Å². The zero-order valence-corrected chi connectivity index (χ0v) is 13.3. The van der Waals surface area contributed by atoms with Gasteiger partial charge in [0.15, 0.2) is 5.78 Å². The highest BCUT2D eigenvalue weighted by atomic mass is 127. The van der Waals surface area contributed by atoms with Gasteiger partial charge in [-0.2, -0.15) is 0 Å². The zero-order valence-electron chi connectivity index (χ0n) is 9.48. The number of thioether (sulfide) groups is 2. The maximum absolute atomic E-state index is 12.0. The number of ketones is 1. The summed E-state index contributed by atoms with van der Waals surface area (Å²) in [6, 6.07) is 9.45. The zero-order chi connectivity index (χ0) is 12.3. The molecule has 1 unspecified atom stereocenters. The summed E-state index contributed by atoms with van der Waals surface area (Å²) >= 11 is 6.04. The van der Waals surface area contributed by atoms with Gasteiger partial charge in [-0.25, -0.2) is 0 Å². The molecule has 0 amide bonds. The summed E-state index contributed by atoms with van der Waals surface area (Å²) in [5.74, 6) is 1.20. The fourth-order valence-electron chi connectivity index (χ4n) is 1.46. The molecule has 0 aromatic heterocycles. The summed E-state index contributed by atoms with van der Waals surface area (Å²) in [7, 11) is 0. The van der Waals surface area contributed by atoms with Gasteiger partial charge in [0.1, 0.15) is 0 Å². The first-order chi connectivity index (χ1) is 8.13. The van der Waals surface area contributed by atoms with Crippen LogP contribution < -0.4 is 0 Å². The molecule has 1 aromatic rings. The van der Waals surface area contributed by atoms with Crippen LogP contribution in [0.3, 0.4) is 0 Å². The number of hydrogen-bond acceptors (Lipinski definition) is 3. The van der Waals surface area contributed by atoms with E-state index in [9.17, 15) is 4.79 Å². The Bertz CT molecular complexity index is 444. The van der Waals surface area contributed by atoms with Gasteiger partial charge in [0, 0.05) is 30.8 Å². The summed E-state index contributed by atoms with van der Waals surface area (Å²) in [4.78, 5) is 12.0. The van der Waals surface area contributed by atoms with Crippen molar-refractivity contribution in [3.63, 3.8) is 0 Å². The SMILES string of the molecule is CC1(CI)CS/C(=C/C(=O)c2ccccc2)S1. The molecule has 0 spiro atoms. The van der Waals surface area contributed by atoms with E-state index in [2.05, 4.69) is 29.5 Å². The van der Waals surface area contributed by atoms with Gasteiger partial charge in [0.25, 0.3) is 0 Å². The molecule has 0 saturated carbocycles. The van der Waals surface area contributed by atoms with Gasteiger partial charge in [-0.05, 0) is 6.92 Å². The molecule has 1 nitrogen and oxygen atoms in total.